The van der Waals surface area contributed by atoms with Crippen LogP contribution in [0.25, 0.3) is 0 Å². The first-order valence-corrected chi connectivity index (χ1v) is 7.80. The first kappa shape index (κ1) is 15.8. The zero-order valence-electron chi connectivity index (χ0n) is 13.1. The fourth-order valence-electron chi connectivity index (χ4n) is 2.59. The summed E-state index contributed by atoms with van der Waals surface area (Å²) >= 11 is 0. The summed E-state index contributed by atoms with van der Waals surface area (Å²) in [4.78, 5) is 18.6. The number of nitrogens with one attached hydrogen (secondary N) is 2. The predicted octanol–water partition coefficient (Wildman–Crippen LogP) is 2.57. The van der Waals surface area contributed by atoms with E-state index in [4.69, 9.17) is 0 Å². The molecule has 0 bridgehead atoms. The van der Waals surface area contributed by atoms with Crippen molar-refractivity contribution >= 4 is 17.4 Å². The number of likely N-dealkylation sites (N-methyl/N-ethyl adjacent to an activating group) is 1. The van der Waals surface area contributed by atoms with Gasteiger partial charge in [-0.2, -0.15) is 0 Å². The van der Waals surface area contributed by atoms with E-state index in [0.717, 1.165) is 31.6 Å². The zero-order valence-corrected chi connectivity index (χ0v) is 13.1. The molecule has 2 rings (SSSR count). The van der Waals surface area contributed by atoms with Gasteiger partial charge in [0.25, 0.3) is 0 Å². The van der Waals surface area contributed by atoms with Gasteiger partial charge < -0.3 is 15.5 Å². The molecule has 0 atom stereocenters. The van der Waals surface area contributed by atoms with Crippen LogP contribution in [0.1, 0.15) is 32.1 Å². The lowest BCUT2D eigenvalue weighted by Crippen LogP contribution is -2.25. The molecule has 5 heteroatoms. The summed E-state index contributed by atoms with van der Waals surface area (Å²) in [5.74, 6) is 0.928. The topological polar surface area (TPSA) is 57.3 Å². The van der Waals surface area contributed by atoms with Crippen LogP contribution in [0, 0.1) is 5.92 Å². The average molecular weight is 290 g/mol. The third-order valence-corrected chi connectivity index (χ3v) is 3.88. The molecule has 1 saturated carbocycles. The minimum atomic E-state index is 0.121. The van der Waals surface area contributed by atoms with Gasteiger partial charge in [0.05, 0.1) is 11.9 Å². The Morgan fingerprint density at radius 2 is 2.05 bits per heavy atom. The summed E-state index contributed by atoms with van der Waals surface area (Å²) in [6.07, 6.45) is 7.38. The minimum absolute atomic E-state index is 0.121. The van der Waals surface area contributed by atoms with E-state index in [1.54, 1.807) is 6.20 Å². The van der Waals surface area contributed by atoms with Gasteiger partial charge in [-0.05, 0) is 39.1 Å². The molecule has 0 spiro atoms. The molecular weight excluding hydrogens is 264 g/mol. The number of rotatable bonds is 6. The summed E-state index contributed by atoms with van der Waals surface area (Å²) in [6.45, 7) is 1.85. The van der Waals surface area contributed by atoms with Crippen molar-refractivity contribution in [2.75, 3.05) is 37.8 Å². The third-order valence-electron chi connectivity index (χ3n) is 3.88. The molecule has 0 aromatic carbocycles. The SMILES string of the molecule is CN(C)CCNc1ccc(NC(=O)C2CCCCC2)nc1. The molecule has 1 heterocycles. The van der Waals surface area contributed by atoms with E-state index in [1.165, 1.54) is 19.3 Å². The molecule has 0 saturated heterocycles. The Kier molecular flexibility index (Phi) is 5.99. The number of carbonyl (C=O) groups is 1. The lowest BCUT2D eigenvalue weighted by molar-refractivity contribution is -0.120. The first-order chi connectivity index (χ1) is 10.1. The van der Waals surface area contributed by atoms with Crippen LogP contribution >= 0.6 is 0 Å². The van der Waals surface area contributed by atoms with E-state index >= 15 is 0 Å². The lowest BCUT2D eigenvalue weighted by atomic mass is 9.89. The van der Waals surface area contributed by atoms with Gasteiger partial charge in [-0.15, -0.1) is 0 Å². The smallest absolute Gasteiger partial charge is 0.228 e. The van der Waals surface area contributed by atoms with Crippen LogP contribution in [0.3, 0.4) is 0 Å². The van der Waals surface area contributed by atoms with Crippen LogP contribution in [0.15, 0.2) is 18.3 Å². The molecule has 116 valence electrons. The third kappa shape index (κ3) is 5.34. The maximum atomic E-state index is 12.1. The van der Waals surface area contributed by atoms with E-state index in [2.05, 4.69) is 20.5 Å². The summed E-state index contributed by atoms with van der Waals surface area (Å²) < 4.78 is 0. The highest BCUT2D eigenvalue weighted by molar-refractivity contribution is 5.91. The fourth-order valence-corrected chi connectivity index (χ4v) is 2.59. The van der Waals surface area contributed by atoms with Crippen LogP contribution in [0.2, 0.25) is 0 Å². The highest BCUT2D eigenvalue weighted by atomic mass is 16.1. The van der Waals surface area contributed by atoms with E-state index < -0.39 is 0 Å². The zero-order chi connectivity index (χ0) is 15.1. The largest absolute Gasteiger partial charge is 0.383 e. The summed E-state index contributed by atoms with van der Waals surface area (Å²) in [5.41, 5.74) is 0.979. The van der Waals surface area contributed by atoms with Crippen LogP contribution < -0.4 is 10.6 Å². The second kappa shape index (κ2) is 7.98. The van der Waals surface area contributed by atoms with Crippen molar-refractivity contribution in [1.82, 2.24) is 9.88 Å². The van der Waals surface area contributed by atoms with Gasteiger partial charge in [0.1, 0.15) is 5.82 Å². The Bertz CT molecular complexity index is 438. The maximum absolute atomic E-state index is 12.1. The molecule has 1 amide bonds. The van der Waals surface area contributed by atoms with Gasteiger partial charge >= 0.3 is 0 Å². The molecular formula is C16H26N4O. The number of anilines is 2. The van der Waals surface area contributed by atoms with Crippen molar-refractivity contribution in [2.45, 2.75) is 32.1 Å². The highest BCUT2D eigenvalue weighted by Gasteiger charge is 2.21. The fraction of sp³-hybridized carbons (Fsp3) is 0.625. The molecule has 0 unspecified atom stereocenters. The van der Waals surface area contributed by atoms with E-state index in [9.17, 15) is 4.79 Å². The molecule has 21 heavy (non-hydrogen) atoms. The van der Waals surface area contributed by atoms with E-state index in [1.807, 2.05) is 26.2 Å². The number of pyridine rings is 1. The van der Waals surface area contributed by atoms with Crippen molar-refractivity contribution < 1.29 is 4.79 Å². The summed E-state index contributed by atoms with van der Waals surface area (Å²) in [5, 5.41) is 6.23. The second-order valence-electron chi connectivity index (χ2n) is 5.99. The Labute approximate surface area is 127 Å². The standard InChI is InChI=1S/C16H26N4O/c1-20(2)11-10-17-14-8-9-15(18-12-14)19-16(21)13-6-4-3-5-7-13/h8-9,12-13,17H,3-7,10-11H2,1-2H3,(H,18,19,21). The summed E-state index contributed by atoms with van der Waals surface area (Å²) in [6, 6.07) is 3.82. The Morgan fingerprint density at radius 1 is 1.29 bits per heavy atom. The molecule has 1 aliphatic rings. The monoisotopic (exact) mass is 290 g/mol. The van der Waals surface area contributed by atoms with E-state index in [-0.39, 0.29) is 11.8 Å². The normalized spacial score (nSPS) is 16.0. The van der Waals surface area contributed by atoms with E-state index in [0.29, 0.717) is 5.82 Å². The van der Waals surface area contributed by atoms with Crippen molar-refractivity contribution in [3.05, 3.63) is 18.3 Å². The summed E-state index contributed by atoms with van der Waals surface area (Å²) in [7, 11) is 4.09. The number of carbonyl (C=O) groups excluding carboxylic acids is 1. The van der Waals surface area contributed by atoms with Gasteiger partial charge in [-0.3, -0.25) is 4.79 Å². The second-order valence-corrected chi connectivity index (χ2v) is 5.99. The molecule has 0 radical (unpaired) electrons. The first-order valence-electron chi connectivity index (χ1n) is 7.80. The van der Waals surface area contributed by atoms with Crippen LogP contribution in [-0.4, -0.2) is 43.0 Å². The quantitative estimate of drug-likeness (QED) is 0.845. The van der Waals surface area contributed by atoms with Gasteiger partial charge in [0.2, 0.25) is 5.91 Å². The van der Waals surface area contributed by atoms with Gasteiger partial charge in [0, 0.05) is 19.0 Å². The molecule has 1 aromatic heterocycles. The van der Waals surface area contributed by atoms with Gasteiger partial charge in [-0.25, -0.2) is 4.98 Å². The Hall–Kier alpha value is -1.62. The van der Waals surface area contributed by atoms with Gasteiger partial charge in [-0.1, -0.05) is 19.3 Å². The van der Waals surface area contributed by atoms with Crippen LogP contribution in [0.4, 0.5) is 11.5 Å². The van der Waals surface area contributed by atoms with Gasteiger partial charge in [0.15, 0.2) is 0 Å². The van der Waals surface area contributed by atoms with Crippen molar-refractivity contribution in [1.29, 1.82) is 0 Å². The number of amides is 1. The number of nitrogens with zero attached hydrogens (tertiary/aromatic N) is 2. The van der Waals surface area contributed by atoms with Crippen LogP contribution in [0.5, 0.6) is 0 Å². The Balaban J connectivity index is 1.80. The number of hydrogen-bond acceptors (Lipinski definition) is 4. The molecule has 1 aromatic rings. The minimum Gasteiger partial charge on any atom is -0.383 e. The molecule has 5 nitrogen and oxygen atoms in total. The molecule has 0 aliphatic heterocycles. The maximum Gasteiger partial charge on any atom is 0.228 e. The van der Waals surface area contributed by atoms with Crippen molar-refractivity contribution in [3.63, 3.8) is 0 Å². The number of hydrogen-bond donors (Lipinski definition) is 2. The van der Waals surface area contributed by atoms with Crippen molar-refractivity contribution in [3.8, 4) is 0 Å². The number of aromatic nitrogens is 1. The van der Waals surface area contributed by atoms with Crippen LogP contribution in [-0.2, 0) is 4.79 Å². The average Bonchev–Trinajstić information content (AvgIpc) is 2.49. The van der Waals surface area contributed by atoms with Crippen molar-refractivity contribution in [2.24, 2.45) is 5.92 Å². The highest BCUT2D eigenvalue weighted by Crippen LogP contribution is 2.24. The Morgan fingerprint density at radius 3 is 2.67 bits per heavy atom. The molecule has 1 aliphatic carbocycles. The lowest BCUT2D eigenvalue weighted by Gasteiger charge is -2.20. The predicted molar refractivity (Wildman–Crippen MR) is 86.5 cm³/mol. The molecule has 2 N–H and O–H groups in total. The molecule has 1 fully saturated rings.